The molecule has 1 N–H and O–H groups in total. The highest BCUT2D eigenvalue weighted by molar-refractivity contribution is 4.68. The average Bonchev–Trinajstić information content (AvgIpc) is 2.02. The van der Waals surface area contributed by atoms with Crippen molar-refractivity contribution in [1.82, 2.24) is 10.2 Å². The maximum absolute atomic E-state index is 8.26. The van der Waals surface area contributed by atoms with E-state index in [0.29, 0.717) is 6.42 Å². The highest BCUT2D eigenvalue weighted by Crippen LogP contribution is 1.84. The zero-order chi connectivity index (χ0) is 9.23. The first-order valence-corrected chi connectivity index (χ1v) is 4.49. The van der Waals surface area contributed by atoms with Gasteiger partial charge >= 0.3 is 0 Å². The van der Waals surface area contributed by atoms with Crippen LogP contribution in [0, 0.1) is 11.3 Å². The van der Waals surface area contributed by atoms with E-state index in [2.05, 4.69) is 30.4 Å². The molecule has 0 aromatic rings. The fourth-order valence-electron chi connectivity index (χ4n) is 0.938. The number of nitrogens with one attached hydrogen (secondary N) is 1. The van der Waals surface area contributed by atoms with Gasteiger partial charge in [-0.15, -0.1) is 0 Å². The van der Waals surface area contributed by atoms with Crippen LogP contribution in [0.3, 0.4) is 0 Å². The van der Waals surface area contributed by atoms with Crippen LogP contribution >= 0.6 is 0 Å². The summed E-state index contributed by atoms with van der Waals surface area (Å²) in [5.74, 6) is 0. The van der Waals surface area contributed by atoms with Crippen molar-refractivity contribution < 1.29 is 0 Å². The van der Waals surface area contributed by atoms with Gasteiger partial charge in [-0.1, -0.05) is 0 Å². The van der Waals surface area contributed by atoms with Crippen molar-refractivity contribution >= 4 is 0 Å². The van der Waals surface area contributed by atoms with Crippen LogP contribution in [0.15, 0.2) is 0 Å². The maximum atomic E-state index is 8.26. The van der Waals surface area contributed by atoms with Crippen LogP contribution in [0.5, 0.6) is 0 Å². The number of unbranched alkanes of at least 4 members (excludes halogenated alkanes) is 1. The summed E-state index contributed by atoms with van der Waals surface area (Å²) in [5, 5.41) is 11.6. The smallest absolute Gasteiger partial charge is 0.0622 e. The van der Waals surface area contributed by atoms with Crippen molar-refractivity contribution in [2.75, 3.05) is 33.7 Å². The van der Waals surface area contributed by atoms with Crippen molar-refractivity contribution in [3.63, 3.8) is 0 Å². The summed E-state index contributed by atoms with van der Waals surface area (Å²) < 4.78 is 0. The molecule has 0 bridgehead atoms. The van der Waals surface area contributed by atoms with Gasteiger partial charge in [0.25, 0.3) is 0 Å². The monoisotopic (exact) mass is 169 g/mol. The van der Waals surface area contributed by atoms with Crippen LogP contribution in [0.1, 0.15) is 19.3 Å². The Kier molecular flexibility index (Phi) is 8.09. The molecule has 0 aromatic carbocycles. The van der Waals surface area contributed by atoms with E-state index in [-0.39, 0.29) is 0 Å². The molecule has 0 unspecified atom stereocenters. The molecule has 12 heavy (non-hydrogen) atoms. The second-order valence-electron chi connectivity index (χ2n) is 3.17. The van der Waals surface area contributed by atoms with E-state index in [9.17, 15) is 0 Å². The third kappa shape index (κ3) is 9.41. The minimum Gasteiger partial charge on any atom is -0.317 e. The van der Waals surface area contributed by atoms with E-state index >= 15 is 0 Å². The zero-order valence-electron chi connectivity index (χ0n) is 8.14. The molecule has 0 heterocycles. The molecule has 0 aliphatic rings. The van der Waals surface area contributed by atoms with Crippen LogP contribution in [-0.4, -0.2) is 38.6 Å². The van der Waals surface area contributed by atoms with Gasteiger partial charge in [0.2, 0.25) is 0 Å². The first-order chi connectivity index (χ1) is 5.77. The third-order valence-electron chi connectivity index (χ3n) is 1.60. The molecular formula is C9H19N3. The highest BCUT2D eigenvalue weighted by atomic mass is 15.0. The highest BCUT2D eigenvalue weighted by Gasteiger charge is 1.90. The molecule has 0 atom stereocenters. The molecule has 0 amide bonds. The predicted octanol–water partition coefficient (Wildman–Crippen LogP) is 0.831. The van der Waals surface area contributed by atoms with Crippen molar-refractivity contribution in [3.8, 4) is 6.07 Å². The molecular weight excluding hydrogens is 150 g/mol. The van der Waals surface area contributed by atoms with Crippen molar-refractivity contribution in [2.24, 2.45) is 0 Å². The van der Waals surface area contributed by atoms with E-state index in [1.165, 1.54) is 6.42 Å². The second kappa shape index (κ2) is 8.51. The van der Waals surface area contributed by atoms with Gasteiger partial charge in [-0.3, -0.25) is 0 Å². The van der Waals surface area contributed by atoms with Crippen LogP contribution in [0.25, 0.3) is 0 Å². The van der Waals surface area contributed by atoms with Gasteiger partial charge in [0, 0.05) is 6.42 Å². The van der Waals surface area contributed by atoms with Crippen molar-refractivity contribution in [1.29, 1.82) is 5.26 Å². The predicted molar refractivity (Wildman–Crippen MR) is 50.9 cm³/mol. The van der Waals surface area contributed by atoms with Gasteiger partial charge in [-0.05, 0) is 46.6 Å². The Balaban J connectivity index is 2.87. The van der Waals surface area contributed by atoms with Crippen molar-refractivity contribution in [3.05, 3.63) is 0 Å². The molecule has 3 heteroatoms. The van der Waals surface area contributed by atoms with E-state index in [1.54, 1.807) is 0 Å². The molecule has 3 nitrogen and oxygen atoms in total. The molecule has 0 saturated heterocycles. The van der Waals surface area contributed by atoms with Gasteiger partial charge in [-0.25, -0.2) is 0 Å². The molecule has 0 saturated carbocycles. The Morgan fingerprint density at radius 2 is 1.92 bits per heavy atom. The minimum atomic E-state index is 0.667. The Labute approximate surface area is 75.4 Å². The quantitative estimate of drug-likeness (QED) is 0.574. The fraction of sp³-hybridized carbons (Fsp3) is 0.889. The van der Waals surface area contributed by atoms with Gasteiger partial charge in [-0.2, -0.15) is 5.26 Å². The van der Waals surface area contributed by atoms with E-state index in [0.717, 1.165) is 26.1 Å². The molecule has 0 aromatic heterocycles. The molecule has 0 radical (unpaired) electrons. The molecule has 0 aliphatic heterocycles. The lowest BCUT2D eigenvalue weighted by Crippen LogP contribution is -2.21. The summed E-state index contributed by atoms with van der Waals surface area (Å²) in [7, 11) is 4.16. The Hall–Kier alpha value is -0.590. The molecule has 70 valence electrons. The minimum absolute atomic E-state index is 0.667. The maximum Gasteiger partial charge on any atom is 0.0622 e. The van der Waals surface area contributed by atoms with Crippen LogP contribution in [0.4, 0.5) is 0 Å². The summed E-state index contributed by atoms with van der Waals surface area (Å²) >= 11 is 0. The number of nitrogens with zero attached hydrogens (tertiary/aromatic N) is 2. The SMILES string of the molecule is CN(C)CCCNCCCC#N. The lowest BCUT2D eigenvalue weighted by molar-refractivity contribution is 0.394. The zero-order valence-corrected chi connectivity index (χ0v) is 8.14. The average molecular weight is 169 g/mol. The lowest BCUT2D eigenvalue weighted by Gasteiger charge is -2.09. The fourth-order valence-corrected chi connectivity index (χ4v) is 0.938. The summed E-state index contributed by atoms with van der Waals surface area (Å²) in [5.41, 5.74) is 0. The van der Waals surface area contributed by atoms with Gasteiger partial charge in [0.15, 0.2) is 0 Å². The van der Waals surface area contributed by atoms with Crippen LogP contribution in [0.2, 0.25) is 0 Å². The summed E-state index contributed by atoms with van der Waals surface area (Å²) in [6.45, 7) is 3.16. The Morgan fingerprint density at radius 1 is 1.25 bits per heavy atom. The normalized spacial score (nSPS) is 10.2. The Bertz CT molecular complexity index is 126. The Morgan fingerprint density at radius 3 is 2.50 bits per heavy atom. The molecule has 0 rings (SSSR count). The summed E-state index contributed by atoms with van der Waals surface area (Å²) in [6, 6.07) is 2.13. The largest absolute Gasteiger partial charge is 0.317 e. The second-order valence-corrected chi connectivity index (χ2v) is 3.17. The lowest BCUT2D eigenvalue weighted by atomic mass is 10.3. The van der Waals surface area contributed by atoms with Crippen molar-refractivity contribution in [2.45, 2.75) is 19.3 Å². The molecule has 0 aliphatic carbocycles. The van der Waals surface area contributed by atoms with E-state index < -0.39 is 0 Å². The van der Waals surface area contributed by atoms with Gasteiger partial charge in [0.05, 0.1) is 6.07 Å². The summed E-state index contributed by atoms with van der Waals surface area (Å²) in [4.78, 5) is 2.18. The number of rotatable bonds is 7. The van der Waals surface area contributed by atoms with E-state index in [4.69, 9.17) is 5.26 Å². The number of nitriles is 1. The standard InChI is InChI=1S/C9H19N3/c1-12(2)9-5-8-11-7-4-3-6-10/h11H,3-5,7-9H2,1-2H3. The van der Waals surface area contributed by atoms with Crippen LogP contribution in [-0.2, 0) is 0 Å². The van der Waals surface area contributed by atoms with E-state index in [1.807, 2.05) is 0 Å². The third-order valence-corrected chi connectivity index (χ3v) is 1.60. The topological polar surface area (TPSA) is 39.1 Å². The number of hydrogen-bond donors (Lipinski definition) is 1. The summed E-state index contributed by atoms with van der Waals surface area (Å²) in [6.07, 6.45) is 2.82. The van der Waals surface area contributed by atoms with Gasteiger partial charge < -0.3 is 10.2 Å². The molecule has 0 spiro atoms. The molecule has 0 fully saturated rings. The first-order valence-electron chi connectivity index (χ1n) is 4.49. The van der Waals surface area contributed by atoms with Gasteiger partial charge in [0.1, 0.15) is 0 Å². The first kappa shape index (κ1) is 11.4. The number of hydrogen-bond acceptors (Lipinski definition) is 3. The van der Waals surface area contributed by atoms with Crippen LogP contribution < -0.4 is 5.32 Å².